The number of aliphatic imine (C=N–C) groups is 1. The Morgan fingerprint density at radius 3 is 2.65 bits per heavy atom. The van der Waals surface area contributed by atoms with Crippen molar-refractivity contribution in [2.75, 3.05) is 13.2 Å². The molecule has 4 rings (SSSR count). The van der Waals surface area contributed by atoms with Crippen LogP contribution in [0, 0.1) is 5.92 Å². The van der Waals surface area contributed by atoms with Crippen LogP contribution in [0.4, 0.5) is 0 Å². The largest absolute Gasteiger partial charge is 0.486 e. The third-order valence-corrected chi connectivity index (χ3v) is 4.46. The lowest BCUT2D eigenvalue weighted by Crippen LogP contribution is -2.19. The molecule has 0 aromatic heterocycles. The van der Waals surface area contributed by atoms with Gasteiger partial charge in [-0.3, -0.25) is 0 Å². The molecular formula is C18H19NO4. The predicted molar refractivity (Wildman–Crippen MR) is 85.5 cm³/mol. The van der Waals surface area contributed by atoms with Crippen molar-refractivity contribution in [2.24, 2.45) is 10.9 Å². The maximum Gasteiger partial charge on any atom is 0.363 e. The number of carbonyl (C=O) groups is 1. The summed E-state index contributed by atoms with van der Waals surface area (Å²) >= 11 is 0. The first-order chi connectivity index (χ1) is 11.3. The summed E-state index contributed by atoms with van der Waals surface area (Å²) in [6.45, 7) is 1.11. The van der Waals surface area contributed by atoms with E-state index in [2.05, 4.69) is 4.99 Å². The number of nitrogens with zero attached hydrogens (tertiary/aromatic N) is 1. The second kappa shape index (κ2) is 6.07. The SMILES string of the molecule is O=C1OC(C2CCCCC2)=N/C1=C/c1ccc2c(c1)OCCO2. The topological polar surface area (TPSA) is 57.1 Å². The molecule has 0 bridgehead atoms. The number of rotatable bonds is 2. The lowest BCUT2D eigenvalue weighted by Gasteiger charge is -2.19. The zero-order valence-corrected chi connectivity index (χ0v) is 12.9. The number of cyclic esters (lactones) is 1. The molecule has 0 atom stereocenters. The zero-order chi connectivity index (χ0) is 15.6. The third kappa shape index (κ3) is 2.96. The van der Waals surface area contributed by atoms with Gasteiger partial charge >= 0.3 is 5.97 Å². The molecule has 5 nitrogen and oxygen atoms in total. The minimum absolute atomic E-state index is 0.291. The normalized spacial score (nSPS) is 22.9. The van der Waals surface area contributed by atoms with Crippen molar-refractivity contribution < 1.29 is 19.0 Å². The Kier molecular flexibility index (Phi) is 3.77. The Labute approximate surface area is 135 Å². The van der Waals surface area contributed by atoms with Gasteiger partial charge < -0.3 is 14.2 Å². The molecule has 1 aromatic rings. The van der Waals surface area contributed by atoms with E-state index in [0.717, 1.165) is 24.2 Å². The molecule has 0 N–H and O–H groups in total. The Morgan fingerprint density at radius 2 is 1.83 bits per heavy atom. The number of ether oxygens (including phenoxy) is 3. The molecule has 1 fully saturated rings. The summed E-state index contributed by atoms with van der Waals surface area (Å²) in [7, 11) is 0. The summed E-state index contributed by atoms with van der Waals surface area (Å²) in [6, 6.07) is 5.61. The number of hydrogen-bond donors (Lipinski definition) is 0. The van der Waals surface area contributed by atoms with Crippen molar-refractivity contribution in [1.29, 1.82) is 0 Å². The van der Waals surface area contributed by atoms with E-state index in [9.17, 15) is 4.79 Å². The highest BCUT2D eigenvalue weighted by molar-refractivity contribution is 6.07. The lowest BCUT2D eigenvalue weighted by molar-refractivity contribution is -0.130. The van der Waals surface area contributed by atoms with E-state index in [1.807, 2.05) is 18.2 Å². The Balaban J connectivity index is 1.57. The van der Waals surface area contributed by atoms with Gasteiger partial charge in [0.2, 0.25) is 5.90 Å². The molecule has 1 aromatic carbocycles. The molecule has 0 spiro atoms. The van der Waals surface area contributed by atoms with Crippen LogP contribution in [0.25, 0.3) is 6.08 Å². The van der Waals surface area contributed by atoms with Crippen LogP contribution in [0.1, 0.15) is 37.7 Å². The molecule has 5 heteroatoms. The fourth-order valence-electron chi connectivity index (χ4n) is 3.26. The summed E-state index contributed by atoms with van der Waals surface area (Å²) in [6.07, 6.45) is 7.49. The zero-order valence-electron chi connectivity index (χ0n) is 12.9. The van der Waals surface area contributed by atoms with Crippen molar-refractivity contribution >= 4 is 17.9 Å². The second-order valence-corrected chi connectivity index (χ2v) is 6.11. The number of hydrogen-bond acceptors (Lipinski definition) is 5. The van der Waals surface area contributed by atoms with Crippen LogP contribution >= 0.6 is 0 Å². The average molecular weight is 313 g/mol. The molecule has 23 heavy (non-hydrogen) atoms. The molecular weight excluding hydrogens is 294 g/mol. The molecule has 1 saturated carbocycles. The summed E-state index contributed by atoms with van der Waals surface area (Å²) < 4.78 is 16.5. The minimum atomic E-state index is -0.361. The molecule has 120 valence electrons. The van der Waals surface area contributed by atoms with Crippen molar-refractivity contribution in [1.82, 2.24) is 0 Å². The van der Waals surface area contributed by atoms with Gasteiger partial charge in [-0.05, 0) is 36.6 Å². The van der Waals surface area contributed by atoms with Gasteiger partial charge in [0.25, 0.3) is 0 Å². The first-order valence-electron chi connectivity index (χ1n) is 8.22. The van der Waals surface area contributed by atoms with Crippen LogP contribution < -0.4 is 9.47 Å². The van der Waals surface area contributed by atoms with E-state index < -0.39 is 0 Å². The van der Waals surface area contributed by atoms with Crippen molar-refractivity contribution in [3.63, 3.8) is 0 Å². The van der Waals surface area contributed by atoms with Crippen LogP contribution in [-0.4, -0.2) is 25.1 Å². The number of carbonyl (C=O) groups excluding carboxylic acids is 1. The van der Waals surface area contributed by atoms with Gasteiger partial charge in [0.15, 0.2) is 17.2 Å². The van der Waals surface area contributed by atoms with Gasteiger partial charge in [-0.25, -0.2) is 9.79 Å². The molecule has 0 unspecified atom stereocenters. The van der Waals surface area contributed by atoms with Crippen molar-refractivity contribution in [3.8, 4) is 11.5 Å². The van der Waals surface area contributed by atoms with Crippen molar-refractivity contribution in [3.05, 3.63) is 29.5 Å². The van der Waals surface area contributed by atoms with Gasteiger partial charge in [-0.2, -0.15) is 0 Å². The first kappa shape index (κ1) is 14.3. The standard InChI is InChI=1S/C18H19NO4/c20-18-14(19-17(23-18)13-4-2-1-3-5-13)10-12-6-7-15-16(11-12)22-9-8-21-15/h6-7,10-11,13H,1-5,8-9H2/b14-10+. The van der Waals surface area contributed by atoms with Gasteiger partial charge in [0, 0.05) is 5.92 Å². The number of benzene rings is 1. The maximum absolute atomic E-state index is 12.1. The van der Waals surface area contributed by atoms with E-state index in [-0.39, 0.29) is 5.97 Å². The molecule has 3 aliphatic rings. The maximum atomic E-state index is 12.1. The lowest BCUT2D eigenvalue weighted by atomic mass is 9.89. The van der Waals surface area contributed by atoms with Gasteiger partial charge in [-0.15, -0.1) is 0 Å². The molecule has 0 saturated heterocycles. The summed E-state index contributed by atoms with van der Waals surface area (Å²) in [5.74, 6) is 1.96. The van der Waals surface area contributed by atoms with Crippen LogP contribution in [0.2, 0.25) is 0 Å². The van der Waals surface area contributed by atoms with E-state index in [4.69, 9.17) is 14.2 Å². The van der Waals surface area contributed by atoms with Crippen molar-refractivity contribution in [2.45, 2.75) is 32.1 Å². The number of esters is 1. The van der Waals surface area contributed by atoms with Crippen LogP contribution in [0.3, 0.4) is 0 Å². The van der Waals surface area contributed by atoms with Crippen LogP contribution in [0.15, 0.2) is 28.9 Å². The highest BCUT2D eigenvalue weighted by atomic mass is 16.6. The summed E-state index contributed by atoms with van der Waals surface area (Å²) in [5.41, 5.74) is 1.22. The van der Waals surface area contributed by atoms with E-state index in [1.165, 1.54) is 19.3 Å². The van der Waals surface area contributed by atoms with Gasteiger partial charge in [0.1, 0.15) is 13.2 Å². The highest BCUT2D eigenvalue weighted by Gasteiger charge is 2.30. The Bertz CT molecular complexity index is 686. The summed E-state index contributed by atoms with van der Waals surface area (Å²) in [4.78, 5) is 16.5. The van der Waals surface area contributed by atoms with Crippen LogP contribution in [-0.2, 0) is 9.53 Å². The second-order valence-electron chi connectivity index (χ2n) is 6.11. The predicted octanol–water partition coefficient (Wildman–Crippen LogP) is 3.33. The van der Waals surface area contributed by atoms with E-state index >= 15 is 0 Å². The third-order valence-electron chi connectivity index (χ3n) is 4.46. The smallest absolute Gasteiger partial charge is 0.363 e. The van der Waals surface area contributed by atoms with E-state index in [1.54, 1.807) is 6.08 Å². The number of fused-ring (bicyclic) bond motifs is 1. The highest BCUT2D eigenvalue weighted by Crippen LogP contribution is 2.33. The van der Waals surface area contributed by atoms with Crippen LogP contribution in [0.5, 0.6) is 11.5 Å². The Hall–Kier alpha value is -2.30. The van der Waals surface area contributed by atoms with Gasteiger partial charge in [0.05, 0.1) is 0 Å². The van der Waals surface area contributed by atoms with E-state index in [0.29, 0.717) is 36.5 Å². The minimum Gasteiger partial charge on any atom is -0.486 e. The molecule has 0 amide bonds. The molecule has 2 aliphatic heterocycles. The first-order valence-corrected chi connectivity index (χ1v) is 8.22. The fourth-order valence-corrected chi connectivity index (χ4v) is 3.26. The average Bonchev–Trinajstić information content (AvgIpc) is 2.96. The fraction of sp³-hybridized carbons (Fsp3) is 0.444. The molecule has 2 heterocycles. The summed E-state index contributed by atoms with van der Waals surface area (Å²) in [5, 5.41) is 0. The quantitative estimate of drug-likeness (QED) is 0.621. The van der Waals surface area contributed by atoms with Gasteiger partial charge in [-0.1, -0.05) is 25.3 Å². The monoisotopic (exact) mass is 313 g/mol. The Morgan fingerprint density at radius 1 is 1.04 bits per heavy atom. The molecule has 0 radical (unpaired) electrons. The molecule has 1 aliphatic carbocycles.